The van der Waals surface area contributed by atoms with Crippen LogP contribution >= 0.6 is 10.7 Å². The highest BCUT2D eigenvalue weighted by Crippen LogP contribution is 2.26. The number of ether oxygens (including phenoxy) is 1. The van der Waals surface area contributed by atoms with Gasteiger partial charge in [0.2, 0.25) is 9.05 Å². The van der Waals surface area contributed by atoms with Crippen molar-refractivity contribution >= 4 is 19.7 Å². The molecular weight excluding hydrogens is 308 g/mol. The van der Waals surface area contributed by atoms with Crippen molar-refractivity contribution in [1.29, 1.82) is 0 Å². The molecule has 0 bridgehead atoms. The summed E-state index contributed by atoms with van der Waals surface area (Å²) in [5, 5.41) is 0. The van der Waals surface area contributed by atoms with Crippen LogP contribution in [-0.2, 0) is 14.5 Å². The van der Waals surface area contributed by atoms with E-state index in [-0.39, 0.29) is 17.1 Å². The van der Waals surface area contributed by atoms with Gasteiger partial charge in [0, 0.05) is 16.6 Å². The van der Waals surface area contributed by atoms with E-state index in [4.69, 9.17) is 15.4 Å². The van der Waals surface area contributed by atoms with Crippen molar-refractivity contribution in [3.05, 3.63) is 29.8 Å². The Morgan fingerprint density at radius 1 is 1.29 bits per heavy atom. The first-order chi connectivity index (χ1) is 9.62. The monoisotopic (exact) mass is 332 g/mol. The summed E-state index contributed by atoms with van der Waals surface area (Å²) >= 11 is 0. The molecule has 0 radical (unpaired) electrons. The van der Waals surface area contributed by atoms with Gasteiger partial charge in [-0.05, 0) is 29.5 Å². The number of rotatable bonds is 7. The molecule has 0 amide bonds. The van der Waals surface area contributed by atoms with Crippen molar-refractivity contribution in [2.45, 2.75) is 46.0 Å². The molecule has 3 nitrogen and oxygen atoms in total. The van der Waals surface area contributed by atoms with Crippen molar-refractivity contribution in [3.8, 4) is 5.75 Å². The molecule has 0 aliphatic carbocycles. The highest BCUT2D eigenvalue weighted by Gasteiger charge is 2.18. The summed E-state index contributed by atoms with van der Waals surface area (Å²) in [4.78, 5) is 0. The SMILES string of the molecule is CCCC(COc1cccc(C(C)(C)C)c1)CS(=O)(=O)Cl. The minimum atomic E-state index is -3.49. The van der Waals surface area contributed by atoms with Crippen molar-refractivity contribution in [2.24, 2.45) is 5.92 Å². The fraction of sp³-hybridized carbons (Fsp3) is 0.625. The smallest absolute Gasteiger partial charge is 0.232 e. The van der Waals surface area contributed by atoms with E-state index in [9.17, 15) is 8.42 Å². The Bertz CT molecular complexity index is 547. The second-order valence-corrected chi connectivity index (χ2v) is 9.27. The largest absolute Gasteiger partial charge is 0.493 e. The van der Waals surface area contributed by atoms with Gasteiger partial charge >= 0.3 is 0 Å². The van der Waals surface area contributed by atoms with Crippen LogP contribution in [0, 0.1) is 5.92 Å². The summed E-state index contributed by atoms with van der Waals surface area (Å²) < 4.78 is 28.2. The third kappa shape index (κ3) is 7.18. The zero-order valence-corrected chi connectivity index (χ0v) is 14.8. The summed E-state index contributed by atoms with van der Waals surface area (Å²) in [6.07, 6.45) is 1.69. The highest BCUT2D eigenvalue weighted by atomic mass is 35.7. The van der Waals surface area contributed by atoms with Crippen LogP contribution in [0.1, 0.15) is 46.1 Å². The molecule has 1 rings (SSSR count). The number of hydrogen-bond acceptors (Lipinski definition) is 3. The van der Waals surface area contributed by atoms with E-state index < -0.39 is 9.05 Å². The van der Waals surface area contributed by atoms with Gasteiger partial charge in [-0.15, -0.1) is 0 Å². The predicted molar refractivity (Wildman–Crippen MR) is 88.7 cm³/mol. The van der Waals surface area contributed by atoms with Crippen LogP contribution in [0.5, 0.6) is 5.75 Å². The molecule has 0 spiro atoms. The van der Waals surface area contributed by atoms with Crippen LogP contribution in [0.25, 0.3) is 0 Å². The van der Waals surface area contributed by atoms with Crippen LogP contribution < -0.4 is 4.74 Å². The Labute approximate surface area is 133 Å². The molecule has 0 saturated heterocycles. The summed E-state index contributed by atoms with van der Waals surface area (Å²) in [6, 6.07) is 7.94. The molecule has 0 heterocycles. The van der Waals surface area contributed by atoms with Gasteiger partial charge in [0.25, 0.3) is 0 Å². The molecule has 0 fully saturated rings. The van der Waals surface area contributed by atoms with Crippen LogP contribution in [0.2, 0.25) is 0 Å². The quantitative estimate of drug-likeness (QED) is 0.697. The van der Waals surface area contributed by atoms with Gasteiger partial charge in [0.15, 0.2) is 0 Å². The zero-order valence-electron chi connectivity index (χ0n) is 13.2. The summed E-state index contributed by atoms with van der Waals surface area (Å²) in [5.74, 6) is 0.660. The third-order valence-electron chi connectivity index (χ3n) is 3.32. The van der Waals surface area contributed by atoms with Crippen LogP contribution in [0.4, 0.5) is 0 Å². The number of benzene rings is 1. The fourth-order valence-corrected chi connectivity index (χ4v) is 3.53. The molecule has 1 aromatic rings. The molecule has 5 heteroatoms. The first-order valence-electron chi connectivity index (χ1n) is 7.27. The number of hydrogen-bond donors (Lipinski definition) is 0. The third-order valence-corrected chi connectivity index (χ3v) is 4.56. The summed E-state index contributed by atoms with van der Waals surface area (Å²) in [5.41, 5.74) is 1.25. The average molecular weight is 333 g/mol. The Hall–Kier alpha value is -0.740. The minimum Gasteiger partial charge on any atom is -0.493 e. The Morgan fingerprint density at radius 3 is 2.48 bits per heavy atom. The lowest BCUT2D eigenvalue weighted by Gasteiger charge is -2.21. The topological polar surface area (TPSA) is 43.4 Å². The molecule has 0 saturated carbocycles. The van der Waals surface area contributed by atoms with Gasteiger partial charge in [-0.25, -0.2) is 8.42 Å². The molecule has 1 atom stereocenters. The second kappa shape index (κ2) is 7.50. The van der Waals surface area contributed by atoms with Crippen molar-refractivity contribution < 1.29 is 13.2 Å². The van der Waals surface area contributed by atoms with Gasteiger partial charge in [-0.1, -0.05) is 46.2 Å². The van der Waals surface area contributed by atoms with E-state index in [1.807, 2.05) is 25.1 Å². The molecule has 120 valence electrons. The van der Waals surface area contributed by atoms with Crippen LogP contribution in [-0.4, -0.2) is 20.8 Å². The molecule has 0 N–H and O–H groups in total. The van der Waals surface area contributed by atoms with Gasteiger partial charge < -0.3 is 4.74 Å². The van der Waals surface area contributed by atoms with E-state index in [1.165, 1.54) is 5.56 Å². The first kappa shape index (κ1) is 18.3. The molecular formula is C16H25ClO3S. The molecule has 0 aliphatic rings. The maximum Gasteiger partial charge on any atom is 0.232 e. The zero-order chi connectivity index (χ0) is 16.1. The first-order valence-corrected chi connectivity index (χ1v) is 9.75. The molecule has 0 aliphatic heterocycles. The normalized spacial score (nSPS) is 14.0. The lowest BCUT2D eigenvalue weighted by atomic mass is 9.87. The van der Waals surface area contributed by atoms with E-state index in [2.05, 4.69) is 26.8 Å². The Balaban J connectivity index is 2.72. The molecule has 21 heavy (non-hydrogen) atoms. The lowest BCUT2D eigenvalue weighted by molar-refractivity contribution is 0.252. The van der Waals surface area contributed by atoms with Gasteiger partial charge in [-0.3, -0.25) is 0 Å². The van der Waals surface area contributed by atoms with Crippen molar-refractivity contribution in [2.75, 3.05) is 12.4 Å². The molecule has 0 aromatic heterocycles. The highest BCUT2D eigenvalue weighted by molar-refractivity contribution is 8.13. The Kier molecular flexibility index (Phi) is 6.54. The maximum absolute atomic E-state index is 11.2. The predicted octanol–water partition coefficient (Wildman–Crippen LogP) is 4.35. The van der Waals surface area contributed by atoms with E-state index in [0.29, 0.717) is 6.61 Å². The van der Waals surface area contributed by atoms with Gasteiger partial charge in [0.05, 0.1) is 12.4 Å². The van der Waals surface area contributed by atoms with Crippen molar-refractivity contribution in [3.63, 3.8) is 0 Å². The average Bonchev–Trinajstić information content (AvgIpc) is 2.34. The van der Waals surface area contributed by atoms with E-state index in [0.717, 1.165) is 18.6 Å². The van der Waals surface area contributed by atoms with Crippen LogP contribution in [0.3, 0.4) is 0 Å². The molecule has 1 aromatic carbocycles. The van der Waals surface area contributed by atoms with E-state index in [1.54, 1.807) is 0 Å². The molecule has 1 unspecified atom stereocenters. The minimum absolute atomic E-state index is 0.0403. The van der Waals surface area contributed by atoms with Gasteiger partial charge in [-0.2, -0.15) is 0 Å². The second-order valence-electron chi connectivity index (χ2n) is 6.45. The number of halogens is 1. The van der Waals surface area contributed by atoms with Crippen molar-refractivity contribution in [1.82, 2.24) is 0 Å². The Morgan fingerprint density at radius 2 is 1.95 bits per heavy atom. The lowest BCUT2D eigenvalue weighted by Crippen LogP contribution is -2.20. The van der Waals surface area contributed by atoms with Gasteiger partial charge in [0.1, 0.15) is 5.75 Å². The summed E-state index contributed by atoms with van der Waals surface area (Å²) in [7, 11) is 1.86. The van der Waals surface area contributed by atoms with Crippen LogP contribution in [0.15, 0.2) is 24.3 Å². The van der Waals surface area contributed by atoms with E-state index >= 15 is 0 Å². The fourth-order valence-electron chi connectivity index (χ4n) is 2.17. The standard InChI is InChI=1S/C16H25ClO3S/c1-5-7-13(12-21(17,18)19)11-20-15-9-6-8-14(10-15)16(2,3)4/h6,8-10,13H,5,7,11-12H2,1-4H3. The maximum atomic E-state index is 11.2. The summed E-state index contributed by atoms with van der Waals surface area (Å²) in [6.45, 7) is 8.83.